The third kappa shape index (κ3) is 7.11. The van der Waals surface area contributed by atoms with E-state index in [4.69, 9.17) is 19.2 Å². The van der Waals surface area contributed by atoms with Crippen LogP contribution < -0.4 is 4.74 Å². The maximum atomic E-state index is 12.7. The van der Waals surface area contributed by atoms with E-state index in [-0.39, 0.29) is 6.09 Å². The standard InChI is InChI=1S/C29H37IN3O5/c1-18-13-25(22(14-23(18)30)27(34)36-6)37-26(24-10-9-21(15-31-24)20-7-8-20)17-32-11-12-33(19(2)16-32)28(35)38-29(3,4)5/h9-10,13-15,20,26H,7-8,11-12,16-17H2,1-6H3/q+1. The summed E-state index contributed by atoms with van der Waals surface area (Å²) in [5, 5.41) is 0. The third-order valence-corrected chi connectivity index (χ3v) is 7.88. The van der Waals surface area contributed by atoms with Crippen molar-refractivity contribution in [2.24, 2.45) is 0 Å². The predicted octanol–water partition coefficient (Wildman–Crippen LogP) is 5.50. The van der Waals surface area contributed by atoms with Crippen molar-refractivity contribution in [3.63, 3.8) is 0 Å². The molecule has 1 unspecified atom stereocenters. The Morgan fingerprint density at radius 3 is 2.53 bits per heavy atom. The molecule has 0 saturated heterocycles. The van der Waals surface area contributed by atoms with Gasteiger partial charge < -0.3 is 14.2 Å². The van der Waals surface area contributed by atoms with Crippen LogP contribution in [0.2, 0.25) is 0 Å². The summed E-state index contributed by atoms with van der Waals surface area (Å²) in [7, 11) is 1.37. The number of carbonyl (C=O) groups is 2. The van der Waals surface area contributed by atoms with Crippen molar-refractivity contribution in [1.29, 1.82) is 0 Å². The maximum Gasteiger partial charge on any atom is 0.596 e. The van der Waals surface area contributed by atoms with E-state index in [1.807, 2.05) is 52.9 Å². The minimum absolute atomic E-state index is 0.322. The summed E-state index contributed by atoms with van der Waals surface area (Å²) in [5.74, 6) is 0.642. The van der Waals surface area contributed by atoms with Gasteiger partial charge in [0.15, 0.2) is 18.4 Å². The fourth-order valence-corrected chi connectivity index (χ4v) is 4.97. The van der Waals surface area contributed by atoms with E-state index in [1.165, 1.54) is 25.5 Å². The summed E-state index contributed by atoms with van der Waals surface area (Å²) in [4.78, 5) is 32.3. The van der Waals surface area contributed by atoms with Crippen LogP contribution in [0, 0.1) is 10.5 Å². The van der Waals surface area contributed by atoms with Gasteiger partial charge in [-0.15, -0.1) is 4.58 Å². The van der Waals surface area contributed by atoms with Gasteiger partial charge in [-0.25, -0.2) is 4.79 Å². The molecule has 9 heteroatoms. The van der Waals surface area contributed by atoms with Gasteiger partial charge >= 0.3 is 12.1 Å². The summed E-state index contributed by atoms with van der Waals surface area (Å²) in [5.41, 5.74) is 3.83. The van der Waals surface area contributed by atoms with Crippen LogP contribution in [0.1, 0.15) is 79.7 Å². The molecule has 1 saturated carbocycles. The Morgan fingerprint density at radius 2 is 1.95 bits per heavy atom. The molecule has 1 fully saturated rings. The van der Waals surface area contributed by atoms with Gasteiger partial charge in [0.2, 0.25) is 0 Å². The highest BCUT2D eigenvalue weighted by atomic mass is 127. The number of halogens is 1. The first kappa shape index (κ1) is 28.5. The number of nitrogens with zero attached hydrogens (tertiary/aromatic N) is 3. The van der Waals surface area contributed by atoms with Crippen LogP contribution in [0.5, 0.6) is 5.75 Å². The number of ether oxygens (including phenoxy) is 3. The number of esters is 1. The van der Waals surface area contributed by atoms with Gasteiger partial charge in [-0.2, -0.15) is 4.79 Å². The molecule has 1 aliphatic carbocycles. The molecule has 0 radical (unpaired) electrons. The molecule has 2 heterocycles. The van der Waals surface area contributed by atoms with Gasteiger partial charge in [0, 0.05) is 23.2 Å². The zero-order valence-corrected chi connectivity index (χ0v) is 25.2. The smallest absolute Gasteiger partial charge is 0.482 e. The van der Waals surface area contributed by atoms with Crippen molar-refractivity contribution >= 4 is 40.4 Å². The SMILES string of the molecule is COC(=O)c1cc(I)c(C)cc1OC(CN1CC[N+](C(=O)OC(C)(C)C)=C(C)C1)c1ccc(C2CC2)cn1. The van der Waals surface area contributed by atoms with Crippen molar-refractivity contribution in [3.05, 3.63) is 56.4 Å². The van der Waals surface area contributed by atoms with Crippen molar-refractivity contribution in [1.82, 2.24) is 9.88 Å². The molecule has 38 heavy (non-hydrogen) atoms. The van der Waals surface area contributed by atoms with Gasteiger partial charge in [0.05, 0.1) is 25.9 Å². The number of methoxy groups -OCH3 is 1. The van der Waals surface area contributed by atoms with E-state index in [1.54, 1.807) is 10.6 Å². The second-order valence-electron chi connectivity index (χ2n) is 11.1. The number of aromatic nitrogens is 1. The molecule has 2 aliphatic rings. The highest BCUT2D eigenvalue weighted by molar-refractivity contribution is 14.1. The number of hydrogen-bond donors (Lipinski definition) is 0. The average molecular weight is 635 g/mol. The summed E-state index contributed by atoms with van der Waals surface area (Å²) >= 11 is 2.21. The van der Waals surface area contributed by atoms with Crippen LogP contribution in [0.25, 0.3) is 0 Å². The quantitative estimate of drug-likeness (QED) is 0.226. The van der Waals surface area contributed by atoms with Crippen molar-refractivity contribution < 1.29 is 28.4 Å². The molecule has 0 spiro atoms. The summed E-state index contributed by atoms with van der Waals surface area (Å²) in [6, 6.07) is 7.85. The number of aryl methyl sites for hydroxylation is 1. The lowest BCUT2D eigenvalue weighted by molar-refractivity contribution is -0.458. The number of benzene rings is 1. The fraction of sp³-hybridized carbons (Fsp3) is 0.517. The lowest BCUT2D eigenvalue weighted by Crippen LogP contribution is -2.48. The number of rotatable bonds is 7. The van der Waals surface area contributed by atoms with Crippen LogP contribution in [0.15, 0.2) is 30.5 Å². The molecule has 0 bridgehead atoms. The molecule has 1 amide bonds. The number of carbonyl (C=O) groups excluding carboxylic acids is 2. The van der Waals surface area contributed by atoms with E-state index in [0.717, 1.165) is 20.5 Å². The Hall–Kier alpha value is -2.53. The molecule has 1 aromatic heterocycles. The highest BCUT2D eigenvalue weighted by Crippen LogP contribution is 2.40. The normalized spacial score (nSPS) is 17.2. The van der Waals surface area contributed by atoms with Crippen LogP contribution in [0.3, 0.4) is 0 Å². The van der Waals surface area contributed by atoms with Crippen molar-refractivity contribution in [3.8, 4) is 5.75 Å². The lowest BCUT2D eigenvalue weighted by atomic mass is 10.1. The molecule has 204 valence electrons. The minimum Gasteiger partial charge on any atom is -0.482 e. The number of hydrogen-bond acceptors (Lipinski definition) is 7. The first-order chi connectivity index (χ1) is 17.9. The molecule has 0 N–H and O–H groups in total. The average Bonchev–Trinajstić information content (AvgIpc) is 3.70. The van der Waals surface area contributed by atoms with Crippen LogP contribution in [0.4, 0.5) is 4.79 Å². The Morgan fingerprint density at radius 1 is 1.21 bits per heavy atom. The van der Waals surface area contributed by atoms with E-state index >= 15 is 0 Å². The molecule has 1 aliphatic heterocycles. The second-order valence-corrected chi connectivity index (χ2v) is 12.3. The van der Waals surface area contributed by atoms with Gasteiger partial charge in [-0.1, -0.05) is 6.07 Å². The van der Waals surface area contributed by atoms with Crippen LogP contribution in [-0.2, 0) is 9.47 Å². The highest BCUT2D eigenvalue weighted by Gasteiger charge is 2.34. The zero-order chi connectivity index (χ0) is 27.6. The lowest BCUT2D eigenvalue weighted by Gasteiger charge is -2.30. The van der Waals surface area contributed by atoms with E-state index in [2.05, 4.69) is 33.6 Å². The minimum atomic E-state index is -0.547. The van der Waals surface area contributed by atoms with Gasteiger partial charge in [-0.3, -0.25) is 9.88 Å². The Balaban J connectivity index is 1.60. The van der Waals surface area contributed by atoms with E-state index < -0.39 is 17.7 Å². The van der Waals surface area contributed by atoms with Crippen molar-refractivity contribution in [2.45, 2.75) is 65.1 Å². The van der Waals surface area contributed by atoms with Gasteiger partial charge in [-0.05, 0) is 98.4 Å². The van der Waals surface area contributed by atoms with E-state index in [9.17, 15) is 9.59 Å². The van der Waals surface area contributed by atoms with Crippen molar-refractivity contribution in [2.75, 3.05) is 33.3 Å². The molecule has 8 nitrogen and oxygen atoms in total. The predicted molar refractivity (Wildman–Crippen MR) is 153 cm³/mol. The largest absolute Gasteiger partial charge is 0.596 e. The number of pyridine rings is 1. The first-order valence-corrected chi connectivity index (χ1v) is 14.1. The second kappa shape index (κ2) is 11.7. The molecule has 2 aromatic rings. The maximum absolute atomic E-state index is 12.7. The molecular formula is C29H37IN3O5+. The Labute approximate surface area is 238 Å². The molecular weight excluding hydrogens is 597 g/mol. The van der Waals surface area contributed by atoms with Crippen LogP contribution in [-0.4, -0.2) is 71.1 Å². The van der Waals surface area contributed by atoms with Gasteiger partial charge in [0.1, 0.15) is 16.9 Å². The van der Waals surface area contributed by atoms with E-state index in [0.29, 0.717) is 43.4 Å². The monoisotopic (exact) mass is 634 g/mol. The third-order valence-electron chi connectivity index (χ3n) is 6.71. The molecule has 4 rings (SSSR count). The summed E-state index contributed by atoms with van der Waals surface area (Å²) in [6.45, 7) is 11.9. The zero-order valence-electron chi connectivity index (χ0n) is 23.0. The number of amides is 1. The fourth-order valence-electron chi connectivity index (χ4n) is 4.51. The topological polar surface area (TPSA) is 81.0 Å². The Kier molecular flexibility index (Phi) is 8.76. The Bertz CT molecular complexity index is 1230. The summed E-state index contributed by atoms with van der Waals surface area (Å²) < 4.78 is 19.9. The molecule has 1 atom stereocenters. The van der Waals surface area contributed by atoms with Crippen LogP contribution >= 0.6 is 22.6 Å². The van der Waals surface area contributed by atoms with Gasteiger partial charge in [0.25, 0.3) is 0 Å². The summed E-state index contributed by atoms with van der Waals surface area (Å²) in [6.07, 6.45) is 3.62. The molecule has 1 aromatic carbocycles. The first-order valence-electron chi connectivity index (χ1n) is 13.0.